The highest BCUT2D eigenvalue weighted by Crippen LogP contribution is 2.43. The fourth-order valence-corrected chi connectivity index (χ4v) is 6.69. The Balaban J connectivity index is 1.42. The van der Waals surface area contributed by atoms with Crippen LogP contribution in [0.2, 0.25) is 0 Å². The minimum absolute atomic E-state index is 0.0271. The molecular weight excluding hydrogens is 479 g/mol. The number of ether oxygens (including phenoxy) is 1. The van der Waals surface area contributed by atoms with Gasteiger partial charge in [-0.2, -0.15) is 0 Å². The van der Waals surface area contributed by atoms with Crippen molar-refractivity contribution in [3.05, 3.63) is 56.6 Å². The molecule has 4 N–H and O–H groups in total. The molecule has 8 rings (SSSR count). The van der Waals surface area contributed by atoms with E-state index in [4.69, 9.17) is 15.5 Å². The van der Waals surface area contributed by atoms with Crippen molar-refractivity contribution in [2.24, 2.45) is 11.8 Å². The summed E-state index contributed by atoms with van der Waals surface area (Å²) in [5, 5.41) is 22.1. The van der Waals surface area contributed by atoms with E-state index in [0.29, 0.717) is 23.4 Å². The summed E-state index contributed by atoms with van der Waals surface area (Å²) >= 11 is 0. The van der Waals surface area contributed by atoms with Crippen LogP contribution in [0.15, 0.2) is 23.0 Å². The number of halogens is 1. The number of hydrogen-bond donors (Lipinski definition) is 3. The van der Waals surface area contributed by atoms with Crippen LogP contribution in [0.4, 0.5) is 10.1 Å². The third-order valence-corrected chi connectivity index (χ3v) is 8.86. The normalized spacial score (nSPS) is 27.9. The van der Waals surface area contributed by atoms with Gasteiger partial charge in [0.15, 0.2) is 5.60 Å². The van der Waals surface area contributed by atoms with Crippen LogP contribution in [0.3, 0.4) is 0 Å². The Morgan fingerprint density at radius 3 is 2.68 bits per heavy atom. The van der Waals surface area contributed by atoms with Crippen LogP contribution in [-0.4, -0.2) is 49.8 Å². The molecule has 1 saturated carbocycles. The lowest BCUT2D eigenvalue weighted by Crippen LogP contribution is -2.57. The van der Waals surface area contributed by atoms with Crippen LogP contribution in [0.25, 0.3) is 22.3 Å². The molecule has 1 unspecified atom stereocenters. The van der Waals surface area contributed by atoms with Crippen LogP contribution in [0, 0.1) is 17.7 Å². The number of nitrogens with zero attached hydrogens (tertiary/aromatic N) is 3. The molecule has 9 nitrogen and oxygen atoms in total. The van der Waals surface area contributed by atoms with E-state index in [2.05, 4.69) is 4.90 Å². The van der Waals surface area contributed by atoms with Gasteiger partial charge in [-0.1, -0.05) is 6.92 Å². The summed E-state index contributed by atoms with van der Waals surface area (Å²) in [4.78, 5) is 33.1. The summed E-state index contributed by atoms with van der Waals surface area (Å²) in [6.45, 7) is 3.79. The van der Waals surface area contributed by atoms with Gasteiger partial charge in [-0.15, -0.1) is 0 Å². The molecular formula is C27H27FN4O5. The van der Waals surface area contributed by atoms with E-state index >= 15 is 0 Å². The zero-order valence-corrected chi connectivity index (χ0v) is 20.3. The zero-order valence-electron chi connectivity index (χ0n) is 20.3. The first kappa shape index (κ1) is 22.8. The van der Waals surface area contributed by atoms with Crippen molar-refractivity contribution in [3.63, 3.8) is 0 Å². The number of piperidine rings is 2. The lowest BCUT2D eigenvalue weighted by atomic mass is 9.68. The number of nitrogen functional groups attached to an aromatic ring is 1. The summed E-state index contributed by atoms with van der Waals surface area (Å²) in [5.74, 6) is -0.853. The molecule has 10 heteroatoms. The van der Waals surface area contributed by atoms with E-state index in [1.54, 1.807) is 23.6 Å². The Kier molecular flexibility index (Phi) is 4.68. The van der Waals surface area contributed by atoms with Gasteiger partial charge < -0.3 is 25.3 Å². The Bertz CT molecular complexity index is 1570. The van der Waals surface area contributed by atoms with Gasteiger partial charge in [0.25, 0.3) is 5.56 Å². The summed E-state index contributed by atoms with van der Waals surface area (Å²) in [7, 11) is 0. The first-order valence-electron chi connectivity index (χ1n) is 12.7. The number of aliphatic hydroxyl groups excluding tert-OH is 1. The molecule has 0 radical (unpaired) electrons. The second-order valence-corrected chi connectivity index (χ2v) is 10.9. The molecule has 1 aliphatic carbocycles. The number of carbonyl (C=O) groups is 1. The fourth-order valence-electron chi connectivity index (χ4n) is 6.69. The topological polar surface area (TPSA) is 131 Å². The van der Waals surface area contributed by atoms with Crippen molar-refractivity contribution in [1.29, 1.82) is 0 Å². The van der Waals surface area contributed by atoms with E-state index in [-0.39, 0.29) is 59.9 Å². The van der Waals surface area contributed by atoms with Gasteiger partial charge in [0, 0.05) is 42.2 Å². The maximum absolute atomic E-state index is 14.5. The monoisotopic (exact) mass is 506 g/mol. The Morgan fingerprint density at radius 2 is 1.97 bits per heavy atom. The lowest BCUT2D eigenvalue weighted by molar-refractivity contribution is -0.172. The highest BCUT2D eigenvalue weighted by atomic mass is 19.1. The summed E-state index contributed by atoms with van der Waals surface area (Å²) < 4.78 is 21.3. The molecule has 1 aromatic carbocycles. The Morgan fingerprint density at radius 1 is 1.22 bits per heavy atom. The Hall–Kier alpha value is -3.34. The first-order chi connectivity index (χ1) is 17.7. The second-order valence-electron chi connectivity index (χ2n) is 10.9. The SMILES string of the molecule is CC[C@@]1(O)C(=O)OCc2c1cc1n(c2=O)Cc2c-1nc1cc(F)c(N)cc1c2CN1C[C@H]2C[C@@H](C1)C2O. The van der Waals surface area contributed by atoms with Crippen molar-refractivity contribution in [2.45, 2.75) is 51.2 Å². The van der Waals surface area contributed by atoms with E-state index in [1.165, 1.54) is 6.07 Å². The van der Waals surface area contributed by atoms with E-state index in [1.807, 2.05) is 0 Å². The average molecular weight is 507 g/mol. The number of hydrogen-bond acceptors (Lipinski definition) is 8. The number of fused-ring (bicyclic) bond motifs is 7. The number of rotatable bonds is 3. The molecule has 4 aliphatic heterocycles. The van der Waals surface area contributed by atoms with Crippen molar-refractivity contribution < 1.29 is 24.1 Å². The van der Waals surface area contributed by atoms with E-state index < -0.39 is 17.4 Å². The second kappa shape index (κ2) is 7.59. The quantitative estimate of drug-likeness (QED) is 0.282. The molecule has 2 saturated heterocycles. The number of nitrogens with two attached hydrogens (primary N) is 1. The van der Waals surface area contributed by atoms with Crippen LogP contribution in [0.1, 0.15) is 42.0 Å². The minimum atomic E-state index is -1.92. The molecule has 3 aromatic rings. The standard InChI is InChI=1S/C27H27FN4O5/c1-2-27(36)18-5-22-23-16(10-32(22)25(34)17(18)11-37-26(27)35)15(9-31-7-12-3-13(8-31)24(12)33)14-4-20(29)19(28)6-21(14)30-23/h4-6,12-13,24,33,36H,2-3,7-11,29H2,1H3/t12-,13+,24?,27-/m0/s1. The van der Waals surface area contributed by atoms with Gasteiger partial charge in [-0.3, -0.25) is 9.69 Å². The molecule has 2 aromatic heterocycles. The largest absolute Gasteiger partial charge is 0.458 e. The summed E-state index contributed by atoms with van der Waals surface area (Å²) in [6, 6.07) is 4.58. The van der Waals surface area contributed by atoms with Gasteiger partial charge in [-0.05, 0) is 42.4 Å². The molecule has 192 valence electrons. The number of anilines is 1. The fraction of sp³-hybridized carbons (Fsp3) is 0.444. The van der Waals surface area contributed by atoms with Gasteiger partial charge >= 0.3 is 5.97 Å². The number of pyridine rings is 2. The lowest BCUT2D eigenvalue weighted by Gasteiger charge is -2.51. The zero-order chi connectivity index (χ0) is 25.8. The van der Waals surface area contributed by atoms with E-state index in [9.17, 15) is 24.2 Å². The third-order valence-electron chi connectivity index (χ3n) is 8.86. The number of esters is 1. The Labute approximate surface area is 211 Å². The van der Waals surface area contributed by atoms with Crippen molar-refractivity contribution in [2.75, 3.05) is 18.8 Å². The molecule has 2 bridgehead atoms. The summed E-state index contributed by atoms with van der Waals surface area (Å²) in [6.07, 6.45) is 0.828. The molecule has 0 spiro atoms. The first-order valence-corrected chi connectivity index (χ1v) is 12.7. The number of aliphatic hydroxyl groups is 2. The van der Waals surface area contributed by atoms with Crippen molar-refractivity contribution >= 4 is 22.6 Å². The van der Waals surface area contributed by atoms with E-state index in [0.717, 1.165) is 36.0 Å². The van der Waals surface area contributed by atoms with Crippen molar-refractivity contribution in [3.8, 4) is 11.4 Å². The van der Waals surface area contributed by atoms with Crippen LogP contribution < -0.4 is 11.3 Å². The van der Waals surface area contributed by atoms with Crippen LogP contribution >= 0.6 is 0 Å². The van der Waals surface area contributed by atoms with Crippen LogP contribution in [-0.2, 0) is 34.8 Å². The molecule has 5 aliphatic rings. The maximum Gasteiger partial charge on any atom is 0.343 e. The number of aromatic nitrogens is 2. The molecule has 0 amide bonds. The molecule has 6 heterocycles. The molecule has 37 heavy (non-hydrogen) atoms. The van der Waals surface area contributed by atoms with Crippen LogP contribution in [0.5, 0.6) is 0 Å². The number of benzene rings is 1. The minimum Gasteiger partial charge on any atom is -0.458 e. The number of carbonyl (C=O) groups excluding carboxylic acids is 1. The van der Waals surface area contributed by atoms with Gasteiger partial charge in [0.2, 0.25) is 0 Å². The van der Waals surface area contributed by atoms with Crippen molar-refractivity contribution in [1.82, 2.24) is 14.5 Å². The van der Waals surface area contributed by atoms with Gasteiger partial charge in [0.1, 0.15) is 12.4 Å². The summed E-state index contributed by atoms with van der Waals surface area (Å²) in [5.41, 5.74) is 7.42. The maximum atomic E-state index is 14.5. The molecule has 3 fully saturated rings. The smallest absolute Gasteiger partial charge is 0.343 e. The predicted molar refractivity (Wildman–Crippen MR) is 132 cm³/mol. The third kappa shape index (κ3) is 3.03. The number of cyclic esters (lactones) is 1. The van der Waals surface area contributed by atoms with Gasteiger partial charge in [-0.25, -0.2) is 14.2 Å². The highest BCUT2D eigenvalue weighted by molar-refractivity contribution is 5.91. The molecule has 4 atom stereocenters. The predicted octanol–water partition coefficient (Wildman–Crippen LogP) is 1.61. The highest BCUT2D eigenvalue weighted by Gasteiger charge is 2.47. The average Bonchev–Trinajstić information content (AvgIpc) is 3.26. The van der Waals surface area contributed by atoms with Gasteiger partial charge in [0.05, 0.1) is 40.8 Å².